The number of hydrogen-bond acceptors (Lipinski definition) is 2. The highest BCUT2D eigenvalue weighted by atomic mass is 15.4. The van der Waals surface area contributed by atoms with Gasteiger partial charge < -0.3 is 0 Å². The topological polar surface area (TPSA) is 6.25 Å². The van der Waals surface area contributed by atoms with Crippen LogP contribution >= 0.6 is 0 Å². The van der Waals surface area contributed by atoms with E-state index >= 15 is 0 Å². The molecule has 0 aliphatic carbocycles. The highest BCUT2D eigenvalue weighted by molar-refractivity contribution is 5.18. The van der Waals surface area contributed by atoms with Crippen molar-refractivity contribution in [1.29, 1.82) is 0 Å². The summed E-state index contributed by atoms with van der Waals surface area (Å²) in [5.41, 5.74) is 2.79. The summed E-state index contributed by atoms with van der Waals surface area (Å²) >= 11 is 0. The fourth-order valence-electron chi connectivity index (χ4n) is 3.89. The zero-order valence-corrected chi connectivity index (χ0v) is 16.2. The van der Waals surface area contributed by atoms with Crippen LogP contribution in [-0.4, -0.2) is 35.0 Å². The third kappa shape index (κ3) is 5.30. The van der Waals surface area contributed by atoms with Crippen LogP contribution < -0.4 is 0 Å². The van der Waals surface area contributed by atoms with Gasteiger partial charge in [0.05, 0.1) is 0 Å². The summed E-state index contributed by atoms with van der Waals surface area (Å²) in [7, 11) is 0. The van der Waals surface area contributed by atoms with Crippen LogP contribution in [0.3, 0.4) is 0 Å². The standard InChI is InChI=1S/C24H32N2/c1-4-15-25-19-24(25)23(16-20(2)3)26(17-21-11-7-5-8-12-21)18-22-13-9-6-10-14-22/h4-14,20,23-24H,1,15-19H2,2-3H3/t23-,24-,25?/m0/s1. The molecule has 1 aliphatic rings. The van der Waals surface area contributed by atoms with E-state index in [0.29, 0.717) is 18.0 Å². The maximum Gasteiger partial charge on any atom is 0.0383 e. The van der Waals surface area contributed by atoms with Crippen LogP contribution in [0.25, 0.3) is 0 Å². The maximum atomic E-state index is 3.92. The van der Waals surface area contributed by atoms with Crippen molar-refractivity contribution in [3.8, 4) is 0 Å². The molecule has 138 valence electrons. The molecule has 26 heavy (non-hydrogen) atoms. The van der Waals surface area contributed by atoms with Gasteiger partial charge in [-0.25, -0.2) is 0 Å². The van der Waals surface area contributed by atoms with Crippen LogP contribution in [0.5, 0.6) is 0 Å². The van der Waals surface area contributed by atoms with Crippen molar-refractivity contribution in [1.82, 2.24) is 9.80 Å². The van der Waals surface area contributed by atoms with Crippen molar-refractivity contribution in [3.05, 3.63) is 84.4 Å². The van der Waals surface area contributed by atoms with E-state index in [4.69, 9.17) is 0 Å². The average Bonchev–Trinajstić information content (AvgIpc) is 3.40. The molecular weight excluding hydrogens is 316 g/mol. The van der Waals surface area contributed by atoms with Crippen LogP contribution in [0.15, 0.2) is 73.3 Å². The van der Waals surface area contributed by atoms with Gasteiger partial charge in [-0.2, -0.15) is 0 Å². The van der Waals surface area contributed by atoms with E-state index in [9.17, 15) is 0 Å². The van der Waals surface area contributed by atoms with E-state index in [1.807, 2.05) is 6.08 Å². The van der Waals surface area contributed by atoms with E-state index < -0.39 is 0 Å². The van der Waals surface area contributed by atoms with Crippen molar-refractivity contribution >= 4 is 0 Å². The first-order chi connectivity index (χ1) is 12.7. The molecule has 3 atom stereocenters. The second kappa shape index (κ2) is 9.16. The Kier molecular flexibility index (Phi) is 6.65. The minimum Gasteiger partial charge on any atom is -0.292 e. The van der Waals surface area contributed by atoms with Gasteiger partial charge in [0.1, 0.15) is 0 Å². The predicted octanol–water partition coefficient (Wildman–Crippen LogP) is 4.97. The molecule has 0 saturated carbocycles. The van der Waals surface area contributed by atoms with Crippen LogP contribution in [-0.2, 0) is 13.1 Å². The lowest BCUT2D eigenvalue weighted by molar-refractivity contribution is 0.142. The summed E-state index contributed by atoms with van der Waals surface area (Å²) in [4.78, 5) is 5.24. The lowest BCUT2D eigenvalue weighted by Gasteiger charge is -2.33. The van der Waals surface area contributed by atoms with E-state index in [1.165, 1.54) is 24.1 Å². The highest BCUT2D eigenvalue weighted by Crippen LogP contribution is 2.30. The number of rotatable bonds is 10. The van der Waals surface area contributed by atoms with Gasteiger partial charge in [-0.05, 0) is 23.5 Å². The van der Waals surface area contributed by atoms with E-state index in [2.05, 4.69) is 90.9 Å². The molecule has 0 bridgehead atoms. The Morgan fingerprint density at radius 3 is 2.00 bits per heavy atom. The minimum absolute atomic E-state index is 0.579. The van der Waals surface area contributed by atoms with Crippen molar-refractivity contribution in [2.45, 2.75) is 45.4 Å². The van der Waals surface area contributed by atoms with Crippen LogP contribution in [0, 0.1) is 5.92 Å². The number of hydrogen-bond donors (Lipinski definition) is 0. The minimum atomic E-state index is 0.579. The Labute approximate surface area is 159 Å². The molecular formula is C24H32N2. The van der Waals surface area contributed by atoms with E-state index in [1.54, 1.807) is 0 Å². The van der Waals surface area contributed by atoms with Crippen molar-refractivity contribution < 1.29 is 0 Å². The second-order valence-electron chi connectivity index (χ2n) is 7.88. The summed E-state index contributed by atoms with van der Waals surface area (Å²) in [5.74, 6) is 0.695. The molecule has 1 fully saturated rings. The van der Waals surface area contributed by atoms with E-state index in [-0.39, 0.29) is 0 Å². The lowest BCUT2D eigenvalue weighted by Crippen LogP contribution is -2.40. The third-order valence-electron chi connectivity index (χ3n) is 5.20. The van der Waals surface area contributed by atoms with Crippen LogP contribution in [0.2, 0.25) is 0 Å². The summed E-state index contributed by atoms with van der Waals surface area (Å²) in [6, 6.07) is 23.0. The Bertz CT molecular complexity index is 624. The molecule has 2 heteroatoms. The summed E-state index contributed by atoms with van der Waals surface area (Å²) < 4.78 is 0. The van der Waals surface area contributed by atoms with Gasteiger partial charge in [-0.3, -0.25) is 9.80 Å². The molecule has 2 aromatic rings. The Morgan fingerprint density at radius 2 is 1.54 bits per heavy atom. The smallest absolute Gasteiger partial charge is 0.0383 e. The second-order valence-corrected chi connectivity index (χ2v) is 7.88. The first-order valence-corrected chi connectivity index (χ1v) is 9.84. The molecule has 0 N–H and O–H groups in total. The Hall–Kier alpha value is -1.90. The predicted molar refractivity (Wildman–Crippen MR) is 111 cm³/mol. The van der Waals surface area contributed by atoms with Gasteiger partial charge in [0.2, 0.25) is 0 Å². The fraction of sp³-hybridized carbons (Fsp3) is 0.417. The molecule has 1 saturated heterocycles. The van der Waals surface area contributed by atoms with Gasteiger partial charge in [0.15, 0.2) is 0 Å². The molecule has 3 rings (SSSR count). The monoisotopic (exact) mass is 348 g/mol. The summed E-state index contributed by atoms with van der Waals surface area (Å²) in [6.07, 6.45) is 3.27. The molecule has 1 heterocycles. The molecule has 0 spiro atoms. The molecule has 0 aromatic heterocycles. The van der Waals surface area contributed by atoms with Crippen molar-refractivity contribution in [3.63, 3.8) is 0 Å². The first-order valence-electron chi connectivity index (χ1n) is 9.84. The zero-order chi connectivity index (χ0) is 18.4. The fourth-order valence-corrected chi connectivity index (χ4v) is 3.89. The Balaban J connectivity index is 1.81. The van der Waals surface area contributed by atoms with Crippen molar-refractivity contribution in [2.75, 3.05) is 13.1 Å². The number of benzene rings is 2. The van der Waals surface area contributed by atoms with Gasteiger partial charge in [0, 0.05) is 38.3 Å². The lowest BCUT2D eigenvalue weighted by atomic mass is 9.98. The molecule has 2 aromatic carbocycles. The summed E-state index contributed by atoms with van der Waals surface area (Å²) in [5, 5.41) is 0. The van der Waals surface area contributed by atoms with E-state index in [0.717, 1.165) is 19.6 Å². The van der Waals surface area contributed by atoms with Crippen LogP contribution in [0.4, 0.5) is 0 Å². The SMILES string of the molecule is C=CCN1C[C@H]1[C@H](CC(C)C)N(Cc1ccccc1)Cc1ccccc1. The van der Waals surface area contributed by atoms with Gasteiger partial charge in [0.25, 0.3) is 0 Å². The molecule has 1 unspecified atom stereocenters. The normalized spacial score (nSPS) is 20.3. The van der Waals surface area contributed by atoms with Crippen LogP contribution in [0.1, 0.15) is 31.4 Å². The highest BCUT2D eigenvalue weighted by Gasteiger charge is 2.42. The van der Waals surface area contributed by atoms with Gasteiger partial charge in [-0.15, -0.1) is 6.58 Å². The molecule has 0 radical (unpaired) electrons. The van der Waals surface area contributed by atoms with Gasteiger partial charge >= 0.3 is 0 Å². The third-order valence-corrected chi connectivity index (χ3v) is 5.20. The molecule has 2 nitrogen and oxygen atoms in total. The summed E-state index contributed by atoms with van der Waals surface area (Å²) in [6.45, 7) is 12.8. The number of nitrogens with zero attached hydrogens (tertiary/aromatic N) is 2. The van der Waals surface area contributed by atoms with Crippen molar-refractivity contribution in [2.24, 2.45) is 5.92 Å². The van der Waals surface area contributed by atoms with Gasteiger partial charge in [-0.1, -0.05) is 80.6 Å². The first kappa shape index (κ1) is 18.9. The zero-order valence-electron chi connectivity index (χ0n) is 16.2. The largest absolute Gasteiger partial charge is 0.292 e. The molecule has 0 amide bonds. The maximum absolute atomic E-state index is 3.92. The Morgan fingerprint density at radius 1 is 1.00 bits per heavy atom. The molecule has 1 aliphatic heterocycles. The quantitative estimate of drug-likeness (QED) is 0.441. The average molecular weight is 349 g/mol.